The number of nitrogens with zero attached hydrogens (tertiary/aromatic N) is 1. The Bertz CT molecular complexity index is 773. The van der Waals surface area contributed by atoms with E-state index in [0.717, 1.165) is 34.6 Å². The molecule has 3 heteroatoms. The zero-order chi connectivity index (χ0) is 15.4. The minimum Gasteiger partial charge on any atom is -0.464 e. The van der Waals surface area contributed by atoms with Crippen LogP contribution in [0.3, 0.4) is 0 Å². The van der Waals surface area contributed by atoms with Crippen LogP contribution in [0, 0.1) is 0 Å². The normalized spacial score (nSPS) is 11.8. The molecule has 0 saturated carbocycles. The Kier molecular flexibility index (Phi) is 4.62. The Labute approximate surface area is 135 Å². The molecular weight excluding hydrogens is 294 g/mol. The maximum absolute atomic E-state index is 5.88. The van der Waals surface area contributed by atoms with Crippen LogP contribution in [0.4, 0.5) is 0 Å². The summed E-state index contributed by atoms with van der Waals surface area (Å²) in [7, 11) is 2.11. The van der Waals surface area contributed by atoms with Gasteiger partial charge in [-0.3, -0.25) is 4.90 Å². The van der Waals surface area contributed by atoms with Crippen molar-refractivity contribution in [2.24, 2.45) is 0 Å². The van der Waals surface area contributed by atoms with E-state index in [1.807, 2.05) is 30.3 Å². The van der Waals surface area contributed by atoms with E-state index in [2.05, 4.69) is 42.3 Å². The van der Waals surface area contributed by atoms with Crippen LogP contribution < -0.4 is 0 Å². The Balaban J connectivity index is 1.61. The summed E-state index contributed by atoms with van der Waals surface area (Å²) >= 11 is 5.88. The number of rotatable bonds is 5. The fourth-order valence-corrected chi connectivity index (χ4v) is 2.60. The smallest absolute Gasteiger partial charge is 0.138 e. The lowest BCUT2D eigenvalue weighted by atomic mass is 10.1. The summed E-state index contributed by atoms with van der Waals surface area (Å²) in [5.74, 6) is 0. The van der Waals surface area contributed by atoms with Crippen molar-refractivity contribution in [1.82, 2.24) is 4.90 Å². The van der Waals surface area contributed by atoms with Crippen molar-refractivity contribution in [1.29, 1.82) is 0 Å². The molecule has 22 heavy (non-hydrogen) atoms. The number of hydrogen-bond donors (Lipinski definition) is 0. The third kappa shape index (κ3) is 3.59. The highest BCUT2D eigenvalue weighted by molar-refractivity contribution is 6.30. The molecule has 0 saturated heterocycles. The molecule has 0 radical (unpaired) electrons. The highest BCUT2D eigenvalue weighted by Gasteiger charge is 2.05. The van der Waals surface area contributed by atoms with E-state index in [4.69, 9.17) is 16.0 Å². The van der Waals surface area contributed by atoms with Gasteiger partial charge in [-0.25, -0.2) is 0 Å². The van der Waals surface area contributed by atoms with E-state index < -0.39 is 0 Å². The molecular formula is C19H18ClNO. The molecule has 3 aromatic rings. The molecule has 0 atom stereocenters. The molecule has 112 valence electrons. The summed E-state index contributed by atoms with van der Waals surface area (Å²) in [6, 6.07) is 16.1. The summed E-state index contributed by atoms with van der Waals surface area (Å²) in [4.78, 5) is 2.25. The fraction of sp³-hybridized carbons (Fsp3) is 0.158. The van der Waals surface area contributed by atoms with Crippen LogP contribution in [0.5, 0.6) is 0 Å². The van der Waals surface area contributed by atoms with Gasteiger partial charge in [-0.05, 0) is 30.8 Å². The van der Waals surface area contributed by atoms with Gasteiger partial charge in [0.15, 0.2) is 0 Å². The molecule has 2 nitrogen and oxygen atoms in total. The quantitative estimate of drug-likeness (QED) is 0.641. The lowest BCUT2D eigenvalue weighted by Crippen LogP contribution is -2.17. The zero-order valence-corrected chi connectivity index (χ0v) is 13.3. The summed E-state index contributed by atoms with van der Waals surface area (Å²) in [6.07, 6.45) is 6.01. The standard InChI is InChI=1S/C19H18ClNO/c1-21(12-3-4-15-7-9-18(20)10-8-15)14-17-6-2-5-16-11-13-22-19(16)17/h2-11,13H,12,14H2,1H3. The minimum atomic E-state index is 0.765. The molecule has 0 aliphatic carbocycles. The first kappa shape index (κ1) is 14.9. The Morgan fingerprint density at radius 2 is 1.91 bits per heavy atom. The van der Waals surface area contributed by atoms with Gasteiger partial charge in [0.25, 0.3) is 0 Å². The van der Waals surface area contributed by atoms with Gasteiger partial charge in [0, 0.05) is 29.1 Å². The van der Waals surface area contributed by atoms with Crippen LogP contribution in [-0.2, 0) is 6.54 Å². The van der Waals surface area contributed by atoms with Crippen LogP contribution in [0.2, 0.25) is 5.02 Å². The maximum atomic E-state index is 5.88. The van der Waals surface area contributed by atoms with Gasteiger partial charge in [-0.2, -0.15) is 0 Å². The topological polar surface area (TPSA) is 16.4 Å². The third-order valence-electron chi connectivity index (χ3n) is 3.60. The highest BCUT2D eigenvalue weighted by atomic mass is 35.5. The second-order valence-corrected chi connectivity index (χ2v) is 5.84. The lowest BCUT2D eigenvalue weighted by Gasteiger charge is -2.14. The molecule has 0 N–H and O–H groups in total. The van der Waals surface area contributed by atoms with Gasteiger partial charge >= 0.3 is 0 Å². The average molecular weight is 312 g/mol. The molecule has 0 aliphatic heterocycles. The van der Waals surface area contributed by atoms with Gasteiger partial charge in [0.1, 0.15) is 5.58 Å². The number of furan rings is 1. The molecule has 2 aromatic carbocycles. The van der Waals surface area contributed by atoms with Crippen molar-refractivity contribution in [3.8, 4) is 0 Å². The first-order chi connectivity index (χ1) is 10.7. The number of para-hydroxylation sites is 1. The fourth-order valence-electron chi connectivity index (χ4n) is 2.48. The van der Waals surface area contributed by atoms with Crippen molar-refractivity contribution in [2.45, 2.75) is 6.54 Å². The maximum Gasteiger partial charge on any atom is 0.138 e. The largest absolute Gasteiger partial charge is 0.464 e. The van der Waals surface area contributed by atoms with Crippen LogP contribution in [-0.4, -0.2) is 18.5 Å². The predicted molar refractivity (Wildman–Crippen MR) is 93.0 cm³/mol. The highest BCUT2D eigenvalue weighted by Crippen LogP contribution is 2.20. The Morgan fingerprint density at radius 1 is 1.09 bits per heavy atom. The van der Waals surface area contributed by atoms with Crippen LogP contribution in [0.1, 0.15) is 11.1 Å². The molecule has 0 aliphatic rings. The monoisotopic (exact) mass is 311 g/mol. The predicted octanol–water partition coefficient (Wildman–Crippen LogP) is 5.23. The molecule has 0 spiro atoms. The SMILES string of the molecule is CN(CC=Cc1ccc(Cl)cc1)Cc1cccc2ccoc12. The van der Waals surface area contributed by atoms with Crippen LogP contribution in [0.25, 0.3) is 17.0 Å². The zero-order valence-electron chi connectivity index (χ0n) is 12.5. The van der Waals surface area contributed by atoms with Crippen molar-refractivity contribution >= 4 is 28.6 Å². The number of halogens is 1. The van der Waals surface area contributed by atoms with Gasteiger partial charge in [0.2, 0.25) is 0 Å². The second-order valence-electron chi connectivity index (χ2n) is 5.41. The number of likely N-dealkylation sites (N-methyl/N-ethyl adjacent to an activating group) is 1. The van der Waals surface area contributed by atoms with Gasteiger partial charge in [-0.15, -0.1) is 0 Å². The van der Waals surface area contributed by atoms with Gasteiger partial charge < -0.3 is 4.42 Å². The Hall–Kier alpha value is -2.03. The van der Waals surface area contributed by atoms with E-state index in [9.17, 15) is 0 Å². The van der Waals surface area contributed by atoms with Crippen LogP contribution in [0.15, 0.2) is 65.3 Å². The number of fused-ring (bicyclic) bond motifs is 1. The second kappa shape index (κ2) is 6.82. The molecule has 3 rings (SSSR count). The van der Waals surface area contributed by atoms with Gasteiger partial charge in [-0.1, -0.05) is 54.1 Å². The van der Waals surface area contributed by atoms with Crippen molar-refractivity contribution in [2.75, 3.05) is 13.6 Å². The van der Waals surface area contributed by atoms with E-state index in [1.54, 1.807) is 6.26 Å². The summed E-state index contributed by atoms with van der Waals surface area (Å²) < 4.78 is 5.58. The van der Waals surface area contributed by atoms with Crippen LogP contribution >= 0.6 is 11.6 Å². The lowest BCUT2D eigenvalue weighted by molar-refractivity contribution is 0.363. The third-order valence-corrected chi connectivity index (χ3v) is 3.85. The molecule has 0 fully saturated rings. The number of hydrogen-bond acceptors (Lipinski definition) is 2. The molecule has 0 amide bonds. The molecule has 1 heterocycles. The number of benzene rings is 2. The van der Waals surface area contributed by atoms with Gasteiger partial charge in [0.05, 0.1) is 6.26 Å². The molecule has 1 aromatic heterocycles. The summed E-state index contributed by atoms with van der Waals surface area (Å²) in [5.41, 5.74) is 3.35. The van der Waals surface area contributed by atoms with E-state index in [1.165, 1.54) is 5.56 Å². The molecule has 0 unspecified atom stereocenters. The minimum absolute atomic E-state index is 0.765. The average Bonchev–Trinajstić information content (AvgIpc) is 2.99. The van der Waals surface area contributed by atoms with Crippen molar-refractivity contribution in [3.63, 3.8) is 0 Å². The first-order valence-corrected chi connectivity index (χ1v) is 7.66. The summed E-state index contributed by atoms with van der Waals surface area (Å²) in [5, 5.41) is 1.92. The van der Waals surface area contributed by atoms with E-state index >= 15 is 0 Å². The van der Waals surface area contributed by atoms with E-state index in [0.29, 0.717) is 0 Å². The van der Waals surface area contributed by atoms with E-state index in [-0.39, 0.29) is 0 Å². The molecule has 0 bridgehead atoms. The Morgan fingerprint density at radius 3 is 2.73 bits per heavy atom. The van der Waals surface area contributed by atoms with Crippen molar-refractivity contribution < 1.29 is 4.42 Å². The summed E-state index contributed by atoms with van der Waals surface area (Å²) in [6.45, 7) is 1.73. The van der Waals surface area contributed by atoms with Crippen molar-refractivity contribution in [3.05, 3.63) is 77.0 Å². The first-order valence-electron chi connectivity index (χ1n) is 7.28.